The molecule has 28 heavy (non-hydrogen) atoms. The molecule has 0 aliphatic carbocycles. The number of benzene rings is 1. The molecule has 0 fully saturated rings. The number of aryl methyl sites for hydroxylation is 2. The summed E-state index contributed by atoms with van der Waals surface area (Å²) in [5, 5.41) is 6.56. The summed E-state index contributed by atoms with van der Waals surface area (Å²) in [4.78, 5) is 21.2. The molecule has 0 spiro atoms. The number of aromatic nitrogens is 3. The van der Waals surface area contributed by atoms with E-state index < -0.39 is 5.91 Å². The number of hydrogen-bond donors (Lipinski definition) is 1. The molecule has 1 aromatic carbocycles. The summed E-state index contributed by atoms with van der Waals surface area (Å²) in [6, 6.07) is 14.4. The third-order valence-electron chi connectivity index (χ3n) is 3.95. The summed E-state index contributed by atoms with van der Waals surface area (Å²) in [7, 11) is 0. The largest absolute Gasteiger partial charge is 0.461 e. The predicted molar refractivity (Wildman–Crippen MR) is 100 cm³/mol. The average Bonchev–Trinajstić information content (AvgIpc) is 3.37. The third-order valence-corrected chi connectivity index (χ3v) is 3.95. The Morgan fingerprint density at radius 3 is 2.43 bits per heavy atom. The summed E-state index contributed by atoms with van der Waals surface area (Å²) in [5.41, 5.74) is 1.76. The maximum absolute atomic E-state index is 12.5. The van der Waals surface area contributed by atoms with E-state index in [1.54, 1.807) is 26.0 Å². The predicted octanol–water partition coefficient (Wildman–Crippen LogP) is 4.39. The van der Waals surface area contributed by atoms with Crippen LogP contribution in [0.4, 0.5) is 5.69 Å². The SMILES string of the molecule is Cc1nc(Oc2ccccc2)nc(C)c1NC(=O)c1cc(-c2ccco2)on1. The molecule has 0 aliphatic heterocycles. The van der Waals surface area contributed by atoms with E-state index in [1.807, 2.05) is 30.3 Å². The highest BCUT2D eigenvalue weighted by molar-refractivity contribution is 6.03. The zero-order valence-electron chi connectivity index (χ0n) is 15.2. The molecular weight excluding hydrogens is 360 g/mol. The van der Waals surface area contributed by atoms with Crippen molar-refractivity contribution in [2.75, 3.05) is 5.32 Å². The van der Waals surface area contributed by atoms with Crippen LogP contribution in [0.5, 0.6) is 11.8 Å². The lowest BCUT2D eigenvalue weighted by Gasteiger charge is -2.11. The van der Waals surface area contributed by atoms with E-state index in [1.165, 1.54) is 12.3 Å². The molecular formula is C20H16N4O4. The Balaban J connectivity index is 1.52. The second kappa shape index (κ2) is 7.36. The first-order chi connectivity index (χ1) is 13.6. The molecule has 1 N–H and O–H groups in total. The van der Waals surface area contributed by atoms with Crippen molar-refractivity contribution in [2.24, 2.45) is 0 Å². The Hall–Kier alpha value is -3.94. The number of ether oxygens (including phenoxy) is 1. The number of nitrogens with one attached hydrogen (secondary N) is 1. The second-order valence-electron chi connectivity index (χ2n) is 5.97. The fraction of sp³-hybridized carbons (Fsp3) is 0.100. The molecule has 8 heteroatoms. The molecule has 0 radical (unpaired) electrons. The smallest absolute Gasteiger partial charge is 0.322 e. The molecule has 1 amide bonds. The van der Waals surface area contributed by atoms with E-state index in [0.29, 0.717) is 34.3 Å². The maximum atomic E-state index is 12.5. The van der Waals surface area contributed by atoms with Crippen LogP contribution in [0.3, 0.4) is 0 Å². The lowest BCUT2D eigenvalue weighted by molar-refractivity contribution is 0.101. The van der Waals surface area contributed by atoms with Gasteiger partial charge < -0.3 is 19.0 Å². The quantitative estimate of drug-likeness (QED) is 0.551. The van der Waals surface area contributed by atoms with Gasteiger partial charge in [0.1, 0.15) is 5.75 Å². The third kappa shape index (κ3) is 3.61. The van der Waals surface area contributed by atoms with Gasteiger partial charge in [0.15, 0.2) is 11.5 Å². The standard InChI is InChI=1S/C20H16N4O4/c1-12-18(13(2)22-20(21-12)27-14-7-4-3-5-8-14)23-19(25)15-11-17(28-24-15)16-9-6-10-26-16/h3-11H,1-2H3,(H,23,25). The van der Waals surface area contributed by atoms with Crippen LogP contribution < -0.4 is 10.1 Å². The van der Waals surface area contributed by atoms with Crippen molar-refractivity contribution in [1.29, 1.82) is 0 Å². The molecule has 0 unspecified atom stereocenters. The molecule has 0 saturated carbocycles. The van der Waals surface area contributed by atoms with Gasteiger partial charge in [0, 0.05) is 6.07 Å². The number of furan rings is 1. The fourth-order valence-corrected chi connectivity index (χ4v) is 2.60. The van der Waals surface area contributed by atoms with E-state index in [-0.39, 0.29) is 11.7 Å². The molecule has 0 bridgehead atoms. The van der Waals surface area contributed by atoms with E-state index in [2.05, 4.69) is 20.4 Å². The van der Waals surface area contributed by atoms with Crippen molar-refractivity contribution >= 4 is 11.6 Å². The average molecular weight is 376 g/mol. The van der Waals surface area contributed by atoms with Crippen molar-refractivity contribution < 1.29 is 18.5 Å². The van der Waals surface area contributed by atoms with E-state index >= 15 is 0 Å². The number of rotatable bonds is 5. The molecule has 0 atom stereocenters. The Morgan fingerprint density at radius 1 is 1.00 bits per heavy atom. The van der Waals surface area contributed by atoms with Gasteiger partial charge in [-0.2, -0.15) is 9.97 Å². The highest BCUT2D eigenvalue weighted by Gasteiger charge is 2.18. The van der Waals surface area contributed by atoms with Crippen molar-refractivity contribution in [1.82, 2.24) is 15.1 Å². The van der Waals surface area contributed by atoms with Gasteiger partial charge in [-0.1, -0.05) is 23.4 Å². The number of anilines is 1. The topological polar surface area (TPSA) is 103 Å². The van der Waals surface area contributed by atoms with Crippen LogP contribution in [0.15, 0.2) is 63.7 Å². The summed E-state index contributed by atoms with van der Waals surface area (Å²) in [6.07, 6.45) is 1.51. The normalized spacial score (nSPS) is 10.6. The minimum atomic E-state index is -0.437. The Bertz CT molecular complexity index is 1080. The molecule has 8 nitrogen and oxygen atoms in total. The van der Waals surface area contributed by atoms with Crippen molar-refractivity contribution in [3.63, 3.8) is 0 Å². The summed E-state index contributed by atoms with van der Waals surface area (Å²) in [6.45, 7) is 3.53. The summed E-state index contributed by atoms with van der Waals surface area (Å²) >= 11 is 0. The van der Waals surface area contributed by atoms with Crippen molar-refractivity contribution in [3.05, 3.63) is 71.9 Å². The number of hydrogen-bond acceptors (Lipinski definition) is 7. The van der Waals surface area contributed by atoms with Gasteiger partial charge in [-0.3, -0.25) is 4.79 Å². The van der Waals surface area contributed by atoms with E-state index in [0.717, 1.165) is 0 Å². The maximum Gasteiger partial charge on any atom is 0.322 e. The molecule has 140 valence electrons. The van der Waals surface area contributed by atoms with Gasteiger partial charge in [0.25, 0.3) is 5.91 Å². The molecule has 0 aliphatic rings. The minimum Gasteiger partial charge on any atom is -0.461 e. The van der Waals surface area contributed by atoms with Gasteiger partial charge >= 0.3 is 6.01 Å². The van der Waals surface area contributed by atoms with Gasteiger partial charge in [-0.25, -0.2) is 0 Å². The first kappa shape index (κ1) is 17.5. The van der Waals surface area contributed by atoms with Crippen molar-refractivity contribution in [3.8, 4) is 23.3 Å². The molecule has 3 aromatic heterocycles. The zero-order valence-corrected chi connectivity index (χ0v) is 15.2. The molecule has 4 rings (SSSR count). The number of amides is 1. The van der Waals surface area contributed by atoms with Gasteiger partial charge in [-0.15, -0.1) is 0 Å². The number of nitrogens with zero attached hydrogens (tertiary/aromatic N) is 3. The Morgan fingerprint density at radius 2 is 1.75 bits per heavy atom. The van der Waals surface area contributed by atoms with Crippen LogP contribution in [0, 0.1) is 13.8 Å². The fourth-order valence-electron chi connectivity index (χ4n) is 2.60. The van der Waals surface area contributed by atoms with Gasteiger partial charge in [0.05, 0.1) is 23.3 Å². The van der Waals surface area contributed by atoms with Crippen LogP contribution in [-0.2, 0) is 0 Å². The van der Waals surface area contributed by atoms with E-state index in [4.69, 9.17) is 13.7 Å². The highest BCUT2D eigenvalue weighted by Crippen LogP contribution is 2.25. The van der Waals surface area contributed by atoms with Crippen molar-refractivity contribution in [2.45, 2.75) is 13.8 Å². The number of carbonyl (C=O) groups is 1. The monoisotopic (exact) mass is 376 g/mol. The second-order valence-corrected chi connectivity index (χ2v) is 5.97. The highest BCUT2D eigenvalue weighted by atomic mass is 16.5. The first-order valence-corrected chi connectivity index (χ1v) is 8.50. The first-order valence-electron chi connectivity index (χ1n) is 8.50. The van der Waals surface area contributed by atoms with Gasteiger partial charge in [-0.05, 0) is 38.1 Å². The molecule has 0 saturated heterocycles. The Labute approximate surface area is 160 Å². The van der Waals surface area contributed by atoms with Crippen LogP contribution in [0.1, 0.15) is 21.9 Å². The number of para-hydroxylation sites is 1. The van der Waals surface area contributed by atoms with E-state index in [9.17, 15) is 4.79 Å². The van der Waals surface area contributed by atoms with Crippen LogP contribution in [-0.4, -0.2) is 21.0 Å². The summed E-state index contributed by atoms with van der Waals surface area (Å²) < 4.78 is 16.0. The van der Waals surface area contributed by atoms with Crippen LogP contribution in [0.2, 0.25) is 0 Å². The van der Waals surface area contributed by atoms with Gasteiger partial charge in [0.2, 0.25) is 5.76 Å². The Kier molecular flexibility index (Phi) is 4.59. The lowest BCUT2D eigenvalue weighted by Crippen LogP contribution is -2.15. The van der Waals surface area contributed by atoms with Crippen LogP contribution >= 0.6 is 0 Å². The lowest BCUT2D eigenvalue weighted by atomic mass is 10.2. The molecule has 4 aromatic rings. The zero-order chi connectivity index (χ0) is 19.5. The molecule has 3 heterocycles. The van der Waals surface area contributed by atoms with Crippen LogP contribution in [0.25, 0.3) is 11.5 Å². The number of carbonyl (C=O) groups excluding carboxylic acids is 1. The summed E-state index contributed by atoms with van der Waals surface area (Å²) in [5.74, 6) is 1.05. The minimum absolute atomic E-state index is 0.120.